The molecule has 1 aliphatic heterocycles. The number of carbonyl (C=O) groups is 4. The lowest BCUT2D eigenvalue weighted by molar-refractivity contribution is -0.131. The van der Waals surface area contributed by atoms with Crippen LogP contribution in [0.3, 0.4) is 0 Å². The van der Waals surface area contributed by atoms with Gasteiger partial charge in [-0.05, 0) is 31.2 Å². The van der Waals surface area contributed by atoms with Crippen LogP contribution in [-0.4, -0.2) is 37.1 Å². The van der Waals surface area contributed by atoms with E-state index < -0.39 is 29.7 Å². The van der Waals surface area contributed by atoms with Crippen LogP contribution in [0.5, 0.6) is 5.75 Å². The highest BCUT2D eigenvalue weighted by Gasteiger charge is 2.40. The van der Waals surface area contributed by atoms with Gasteiger partial charge in [-0.2, -0.15) is 5.10 Å². The Balaban J connectivity index is 1.75. The lowest BCUT2D eigenvalue weighted by Crippen LogP contribution is -2.58. The summed E-state index contributed by atoms with van der Waals surface area (Å²) in [5.41, 5.74) is 3.88. The standard InChI is InChI=1S/C20H18N4O5/c1-12-6-8-13(9-7-12)17(25)23-21-11-16-18(26)22-20(28)24(19(16)27)14-4-3-5-15(10-14)29-2/h3-11,16H,1-2H3,(H,23,25)(H,22,26,28)/b21-11-/t16-/m0/s1. The highest BCUT2D eigenvalue weighted by molar-refractivity contribution is 6.32. The van der Waals surface area contributed by atoms with Gasteiger partial charge in [0.25, 0.3) is 11.8 Å². The average Bonchev–Trinajstić information content (AvgIpc) is 2.70. The summed E-state index contributed by atoms with van der Waals surface area (Å²) in [7, 11) is 1.45. The number of amides is 5. The number of imide groups is 2. The number of barbiturate groups is 1. The zero-order valence-corrected chi connectivity index (χ0v) is 15.7. The number of benzene rings is 2. The smallest absolute Gasteiger partial charge is 0.335 e. The summed E-state index contributed by atoms with van der Waals surface area (Å²) in [4.78, 5) is 49.9. The van der Waals surface area contributed by atoms with Gasteiger partial charge in [0, 0.05) is 17.8 Å². The van der Waals surface area contributed by atoms with Gasteiger partial charge >= 0.3 is 6.03 Å². The molecule has 9 nitrogen and oxygen atoms in total. The third kappa shape index (κ3) is 4.29. The zero-order valence-electron chi connectivity index (χ0n) is 15.7. The summed E-state index contributed by atoms with van der Waals surface area (Å²) in [6, 6.07) is 12.2. The van der Waals surface area contributed by atoms with Crippen LogP contribution in [0.2, 0.25) is 0 Å². The summed E-state index contributed by atoms with van der Waals surface area (Å²) < 4.78 is 5.09. The SMILES string of the molecule is COc1cccc(N2C(=O)NC(=O)[C@H](/C=N\NC(=O)c3ccc(C)cc3)C2=O)c1. The number of urea groups is 1. The molecule has 0 saturated carbocycles. The number of nitrogens with one attached hydrogen (secondary N) is 2. The molecule has 2 aromatic rings. The first kappa shape index (κ1) is 19.7. The van der Waals surface area contributed by atoms with Crippen molar-refractivity contribution in [3.63, 3.8) is 0 Å². The number of anilines is 1. The number of hydrazone groups is 1. The molecule has 1 heterocycles. The van der Waals surface area contributed by atoms with Crippen molar-refractivity contribution in [1.29, 1.82) is 0 Å². The molecule has 2 aromatic carbocycles. The highest BCUT2D eigenvalue weighted by Crippen LogP contribution is 2.24. The number of methoxy groups -OCH3 is 1. The van der Waals surface area contributed by atoms with E-state index in [1.54, 1.807) is 36.4 Å². The molecule has 0 spiro atoms. The summed E-state index contributed by atoms with van der Waals surface area (Å²) in [5, 5.41) is 5.82. The van der Waals surface area contributed by atoms with E-state index in [9.17, 15) is 19.2 Å². The molecule has 2 N–H and O–H groups in total. The van der Waals surface area contributed by atoms with Crippen LogP contribution in [0.25, 0.3) is 0 Å². The van der Waals surface area contributed by atoms with E-state index in [2.05, 4.69) is 15.8 Å². The minimum Gasteiger partial charge on any atom is -0.497 e. The van der Waals surface area contributed by atoms with Crippen LogP contribution in [0, 0.1) is 12.8 Å². The molecule has 1 atom stereocenters. The number of aryl methyl sites for hydroxylation is 1. The first-order valence-electron chi connectivity index (χ1n) is 8.63. The van der Waals surface area contributed by atoms with E-state index in [0.29, 0.717) is 11.3 Å². The van der Waals surface area contributed by atoms with Crippen molar-refractivity contribution in [2.24, 2.45) is 11.0 Å². The molecule has 1 aliphatic rings. The van der Waals surface area contributed by atoms with Gasteiger partial charge in [0.1, 0.15) is 5.75 Å². The second-order valence-electron chi connectivity index (χ2n) is 6.23. The van der Waals surface area contributed by atoms with Gasteiger partial charge in [0.05, 0.1) is 12.8 Å². The lowest BCUT2D eigenvalue weighted by atomic mass is 10.1. The molecule has 0 bridgehead atoms. The van der Waals surface area contributed by atoms with Crippen LogP contribution >= 0.6 is 0 Å². The molecule has 1 saturated heterocycles. The Labute approximate surface area is 166 Å². The molecule has 29 heavy (non-hydrogen) atoms. The van der Waals surface area contributed by atoms with E-state index in [4.69, 9.17) is 4.74 Å². The normalized spacial score (nSPS) is 16.7. The molecule has 9 heteroatoms. The van der Waals surface area contributed by atoms with Crippen molar-refractivity contribution in [2.75, 3.05) is 12.0 Å². The van der Waals surface area contributed by atoms with Crippen molar-refractivity contribution in [2.45, 2.75) is 6.92 Å². The van der Waals surface area contributed by atoms with Gasteiger partial charge in [-0.3, -0.25) is 19.7 Å². The second-order valence-corrected chi connectivity index (χ2v) is 6.23. The summed E-state index contributed by atoms with van der Waals surface area (Å²) in [5.74, 6) is -3.05. The predicted octanol–water partition coefficient (Wildman–Crippen LogP) is 1.62. The van der Waals surface area contributed by atoms with E-state index in [-0.39, 0.29) is 5.69 Å². The van der Waals surface area contributed by atoms with E-state index in [1.807, 2.05) is 6.92 Å². The number of carbonyl (C=O) groups excluding carboxylic acids is 4. The van der Waals surface area contributed by atoms with Gasteiger partial charge < -0.3 is 4.74 Å². The van der Waals surface area contributed by atoms with E-state index in [0.717, 1.165) is 16.7 Å². The third-order valence-electron chi connectivity index (χ3n) is 4.22. The summed E-state index contributed by atoms with van der Waals surface area (Å²) in [6.07, 6.45) is 0.989. The second kappa shape index (κ2) is 8.34. The van der Waals surface area contributed by atoms with Crippen molar-refractivity contribution in [1.82, 2.24) is 10.7 Å². The molecule has 3 rings (SSSR count). The molecule has 0 aromatic heterocycles. The molecular formula is C20H18N4O5. The number of nitrogens with zero attached hydrogens (tertiary/aromatic N) is 2. The first-order chi connectivity index (χ1) is 13.9. The van der Waals surface area contributed by atoms with Gasteiger partial charge in [-0.15, -0.1) is 0 Å². The quantitative estimate of drug-likeness (QED) is 0.454. The Hall–Kier alpha value is -4.01. The Kier molecular flexibility index (Phi) is 5.68. The maximum absolute atomic E-state index is 12.7. The fourth-order valence-corrected chi connectivity index (χ4v) is 2.66. The number of hydrogen-bond acceptors (Lipinski definition) is 6. The fourth-order valence-electron chi connectivity index (χ4n) is 2.66. The maximum atomic E-state index is 12.7. The maximum Gasteiger partial charge on any atom is 0.335 e. The van der Waals surface area contributed by atoms with Crippen LogP contribution in [0.15, 0.2) is 53.6 Å². The lowest BCUT2D eigenvalue weighted by Gasteiger charge is -2.28. The highest BCUT2D eigenvalue weighted by atomic mass is 16.5. The molecule has 5 amide bonds. The van der Waals surface area contributed by atoms with Crippen LogP contribution in [-0.2, 0) is 9.59 Å². The molecule has 148 valence electrons. The minimum atomic E-state index is -1.38. The largest absolute Gasteiger partial charge is 0.497 e. The van der Waals surface area contributed by atoms with Crippen molar-refractivity contribution in [3.8, 4) is 5.75 Å². The molecule has 0 radical (unpaired) electrons. The van der Waals surface area contributed by atoms with Gasteiger partial charge in [-0.25, -0.2) is 15.1 Å². The molecular weight excluding hydrogens is 376 g/mol. The monoisotopic (exact) mass is 394 g/mol. The first-order valence-corrected chi connectivity index (χ1v) is 8.63. The van der Waals surface area contributed by atoms with Crippen LogP contribution in [0.4, 0.5) is 10.5 Å². The number of hydrogen-bond donors (Lipinski definition) is 2. The number of ether oxygens (including phenoxy) is 1. The van der Waals surface area contributed by atoms with Crippen molar-refractivity contribution in [3.05, 3.63) is 59.7 Å². The van der Waals surface area contributed by atoms with Gasteiger partial charge in [0.2, 0.25) is 5.91 Å². The topological polar surface area (TPSA) is 117 Å². The van der Waals surface area contributed by atoms with E-state index in [1.165, 1.54) is 19.2 Å². The van der Waals surface area contributed by atoms with Crippen LogP contribution in [0.1, 0.15) is 15.9 Å². The Bertz CT molecular complexity index is 1000. The third-order valence-corrected chi connectivity index (χ3v) is 4.22. The van der Waals surface area contributed by atoms with E-state index >= 15 is 0 Å². The average molecular weight is 394 g/mol. The molecule has 0 unspecified atom stereocenters. The van der Waals surface area contributed by atoms with Gasteiger partial charge in [-0.1, -0.05) is 23.8 Å². The Morgan fingerprint density at radius 1 is 1.17 bits per heavy atom. The number of rotatable bonds is 5. The molecule has 1 fully saturated rings. The van der Waals surface area contributed by atoms with Crippen molar-refractivity contribution < 1.29 is 23.9 Å². The Morgan fingerprint density at radius 3 is 2.59 bits per heavy atom. The Morgan fingerprint density at radius 2 is 1.90 bits per heavy atom. The fraction of sp³-hybridized carbons (Fsp3) is 0.150. The van der Waals surface area contributed by atoms with Crippen LogP contribution < -0.4 is 20.4 Å². The predicted molar refractivity (Wildman–Crippen MR) is 105 cm³/mol. The van der Waals surface area contributed by atoms with Crippen molar-refractivity contribution >= 4 is 35.7 Å². The zero-order chi connectivity index (χ0) is 21.0. The molecule has 0 aliphatic carbocycles. The summed E-state index contributed by atoms with van der Waals surface area (Å²) in [6.45, 7) is 1.89. The summed E-state index contributed by atoms with van der Waals surface area (Å²) >= 11 is 0. The van der Waals surface area contributed by atoms with Gasteiger partial charge in [0.15, 0.2) is 5.92 Å². The minimum absolute atomic E-state index is 0.237.